The van der Waals surface area contributed by atoms with Crippen molar-refractivity contribution in [3.63, 3.8) is 0 Å². The summed E-state index contributed by atoms with van der Waals surface area (Å²) in [6.07, 6.45) is 2.84. The maximum Gasteiger partial charge on any atom is 0.309 e. The molecule has 5 nitrogen and oxygen atoms in total. The van der Waals surface area contributed by atoms with Gasteiger partial charge in [0.1, 0.15) is 24.7 Å². The molecule has 0 saturated carbocycles. The smallest absolute Gasteiger partial charge is 0.309 e. The van der Waals surface area contributed by atoms with Crippen LogP contribution in [0, 0.1) is 5.92 Å². The first-order valence-electron chi connectivity index (χ1n) is 9.08. The average Bonchev–Trinajstić information content (AvgIpc) is 2.62. The number of carbonyl (C=O) groups excluding carboxylic acids is 1. The third kappa shape index (κ3) is 6.04. The Bertz CT molecular complexity index is 481. The van der Waals surface area contributed by atoms with E-state index in [9.17, 15) is 4.79 Å². The SMILES string of the molecule is CCCOc1ccc(OCC[NH+]2CCC(C(=O)OCC)CC2)cc1. The second-order valence-electron chi connectivity index (χ2n) is 6.19. The van der Waals surface area contributed by atoms with Gasteiger partial charge in [-0.3, -0.25) is 4.79 Å². The first-order valence-corrected chi connectivity index (χ1v) is 9.08. The Morgan fingerprint density at radius 2 is 1.62 bits per heavy atom. The summed E-state index contributed by atoms with van der Waals surface area (Å²) < 4.78 is 16.5. The maximum absolute atomic E-state index is 11.7. The van der Waals surface area contributed by atoms with E-state index in [-0.39, 0.29) is 11.9 Å². The van der Waals surface area contributed by atoms with Crippen molar-refractivity contribution in [3.8, 4) is 11.5 Å². The van der Waals surface area contributed by atoms with Gasteiger partial charge in [0, 0.05) is 12.8 Å². The van der Waals surface area contributed by atoms with Gasteiger partial charge in [0.2, 0.25) is 0 Å². The molecule has 0 aromatic heterocycles. The predicted octanol–water partition coefficient (Wildman–Crippen LogP) is 1.71. The van der Waals surface area contributed by atoms with E-state index in [0.717, 1.165) is 57.0 Å². The van der Waals surface area contributed by atoms with Crippen LogP contribution < -0.4 is 14.4 Å². The van der Waals surface area contributed by atoms with Crippen LogP contribution >= 0.6 is 0 Å². The molecule has 0 spiro atoms. The van der Waals surface area contributed by atoms with E-state index in [1.165, 1.54) is 4.90 Å². The lowest BCUT2D eigenvalue weighted by Gasteiger charge is -2.28. The molecule has 1 N–H and O–H groups in total. The number of benzene rings is 1. The van der Waals surface area contributed by atoms with Crippen LogP contribution in [0.25, 0.3) is 0 Å². The first-order chi connectivity index (χ1) is 11.7. The Morgan fingerprint density at radius 3 is 2.17 bits per heavy atom. The molecule has 0 atom stereocenters. The summed E-state index contributed by atoms with van der Waals surface area (Å²) in [7, 11) is 0. The Morgan fingerprint density at radius 1 is 1.04 bits per heavy atom. The van der Waals surface area contributed by atoms with Crippen molar-refractivity contribution in [2.75, 3.05) is 39.5 Å². The molecule has 0 radical (unpaired) electrons. The molecule has 134 valence electrons. The molecule has 24 heavy (non-hydrogen) atoms. The highest BCUT2D eigenvalue weighted by Gasteiger charge is 2.28. The number of rotatable bonds is 9. The number of likely N-dealkylation sites (tertiary alicyclic amines) is 1. The number of ether oxygens (including phenoxy) is 3. The molecule has 0 amide bonds. The molecule has 1 saturated heterocycles. The van der Waals surface area contributed by atoms with Gasteiger partial charge in [-0.05, 0) is 37.6 Å². The van der Waals surface area contributed by atoms with Crippen molar-refractivity contribution >= 4 is 5.97 Å². The molecule has 0 aliphatic carbocycles. The minimum Gasteiger partial charge on any atom is -0.494 e. The van der Waals surface area contributed by atoms with Crippen LogP contribution in [0.4, 0.5) is 0 Å². The maximum atomic E-state index is 11.7. The van der Waals surface area contributed by atoms with Gasteiger partial charge in [-0.1, -0.05) is 6.92 Å². The average molecular weight is 336 g/mol. The van der Waals surface area contributed by atoms with Crippen LogP contribution in [0.2, 0.25) is 0 Å². The lowest BCUT2D eigenvalue weighted by atomic mass is 9.97. The van der Waals surface area contributed by atoms with E-state index in [0.29, 0.717) is 13.2 Å². The lowest BCUT2D eigenvalue weighted by Crippen LogP contribution is -3.13. The summed E-state index contributed by atoms with van der Waals surface area (Å²) in [4.78, 5) is 13.2. The quantitative estimate of drug-likeness (QED) is 0.698. The molecule has 1 aliphatic heterocycles. The van der Waals surface area contributed by atoms with Gasteiger partial charge in [0.25, 0.3) is 0 Å². The molecule has 1 heterocycles. The molecule has 0 unspecified atom stereocenters. The van der Waals surface area contributed by atoms with E-state index in [1.54, 1.807) is 0 Å². The van der Waals surface area contributed by atoms with Crippen molar-refractivity contribution in [2.24, 2.45) is 5.92 Å². The number of nitrogens with one attached hydrogen (secondary N) is 1. The highest BCUT2D eigenvalue weighted by Crippen LogP contribution is 2.17. The first kappa shape index (κ1) is 18.6. The topological polar surface area (TPSA) is 49.2 Å². The third-order valence-corrected chi connectivity index (χ3v) is 4.33. The van der Waals surface area contributed by atoms with Crippen molar-refractivity contribution < 1.29 is 23.9 Å². The zero-order valence-corrected chi connectivity index (χ0v) is 14.9. The number of quaternary nitrogens is 1. The van der Waals surface area contributed by atoms with Crippen LogP contribution in [-0.4, -0.2) is 45.4 Å². The van der Waals surface area contributed by atoms with Crippen molar-refractivity contribution in [1.82, 2.24) is 0 Å². The number of hydrogen-bond acceptors (Lipinski definition) is 4. The standard InChI is InChI=1S/C19H29NO4/c1-3-14-23-17-5-7-18(8-6-17)24-15-13-20-11-9-16(10-12-20)19(21)22-4-2/h5-8,16H,3-4,9-15H2,1-2H3/p+1. The largest absolute Gasteiger partial charge is 0.494 e. The molecule has 1 aliphatic rings. The fourth-order valence-corrected chi connectivity index (χ4v) is 2.94. The van der Waals surface area contributed by atoms with Crippen LogP contribution in [0.5, 0.6) is 11.5 Å². The van der Waals surface area contributed by atoms with Crippen molar-refractivity contribution in [3.05, 3.63) is 24.3 Å². The predicted molar refractivity (Wildman–Crippen MR) is 92.6 cm³/mol. The van der Waals surface area contributed by atoms with Crippen molar-refractivity contribution in [2.45, 2.75) is 33.1 Å². The number of piperidine rings is 1. The van der Waals surface area contributed by atoms with E-state index in [4.69, 9.17) is 14.2 Å². The highest BCUT2D eigenvalue weighted by atomic mass is 16.5. The van der Waals surface area contributed by atoms with Gasteiger partial charge in [-0.2, -0.15) is 0 Å². The van der Waals surface area contributed by atoms with E-state index in [1.807, 2.05) is 31.2 Å². The van der Waals surface area contributed by atoms with E-state index in [2.05, 4.69) is 6.92 Å². The van der Waals surface area contributed by atoms with Crippen LogP contribution in [0.1, 0.15) is 33.1 Å². The van der Waals surface area contributed by atoms with Gasteiger partial charge >= 0.3 is 5.97 Å². The lowest BCUT2D eigenvalue weighted by molar-refractivity contribution is -0.905. The summed E-state index contributed by atoms with van der Waals surface area (Å²) in [6.45, 7) is 8.84. The summed E-state index contributed by atoms with van der Waals surface area (Å²) in [6, 6.07) is 7.80. The molecule has 1 aromatic carbocycles. The van der Waals surface area contributed by atoms with E-state index < -0.39 is 0 Å². The summed E-state index contributed by atoms with van der Waals surface area (Å²) in [5.41, 5.74) is 0. The second kappa shape index (κ2) is 10.2. The Balaban J connectivity index is 1.63. The molecular formula is C19H30NO4+. The minimum absolute atomic E-state index is 0.0295. The Kier molecular flexibility index (Phi) is 7.89. The zero-order chi connectivity index (χ0) is 17.2. The monoisotopic (exact) mass is 336 g/mol. The molecular weight excluding hydrogens is 306 g/mol. The fourth-order valence-electron chi connectivity index (χ4n) is 2.94. The Hall–Kier alpha value is -1.75. The van der Waals surface area contributed by atoms with Crippen molar-refractivity contribution in [1.29, 1.82) is 0 Å². The number of esters is 1. The molecule has 0 bridgehead atoms. The van der Waals surface area contributed by atoms with Gasteiger partial charge in [-0.15, -0.1) is 0 Å². The number of hydrogen-bond donors (Lipinski definition) is 1. The van der Waals surface area contributed by atoms with Crippen LogP contribution in [-0.2, 0) is 9.53 Å². The third-order valence-electron chi connectivity index (χ3n) is 4.33. The van der Waals surface area contributed by atoms with Gasteiger partial charge < -0.3 is 19.1 Å². The zero-order valence-electron chi connectivity index (χ0n) is 14.9. The second-order valence-corrected chi connectivity index (χ2v) is 6.19. The molecule has 1 fully saturated rings. The minimum atomic E-state index is -0.0295. The fraction of sp³-hybridized carbons (Fsp3) is 0.632. The molecule has 1 aromatic rings. The number of carbonyl (C=O) groups is 1. The highest BCUT2D eigenvalue weighted by molar-refractivity contribution is 5.72. The van der Waals surface area contributed by atoms with Crippen LogP contribution in [0.15, 0.2) is 24.3 Å². The molecule has 5 heteroatoms. The summed E-state index contributed by atoms with van der Waals surface area (Å²) in [5, 5.41) is 0. The summed E-state index contributed by atoms with van der Waals surface area (Å²) in [5.74, 6) is 1.82. The van der Waals surface area contributed by atoms with E-state index >= 15 is 0 Å². The van der Waals surface area contributed by atoms with Crippen LogP contribution in [0.3, 0.4) is 0 Å². The summed E-state index contributed by atoms with van der Waals surface area (Å²) >= 11 is 0. The van der Waals surface area contributed by atoms with Gasteiger partial charge in [0.05, 0.1) is 32.2 Å². The Labute approximate surface area is 144 Å². The normalized spacial score (nSPS) is 20.4. The van der Waals surface area contributed by atoms with Gasteiger partial charge in [-0.25, -0.2) is 0 Å². The molecule has 2 rings (SSSR count). The van der Waals surface area contributed by atoms with Gasteiger partial charge in [0.15, 0.2) is 0 Å².